The van der Waals surface area contributed by atoms with E-state index >= 15 is 0 Å². The molecule has 0 aliphatic carbocycles. The van der Waals surface area contributed by atoms with Gasteiger partial charge in [0.05, 0.1) is 11.8 Å². The average molecular weight is 253 g/mol. The molecule has 0 aliphatic rings. The van der Waals surface area contributed by atoms with E-state index in [9.17, 15) is 0 Å². The van der Waals surface area contributed by atoms with Gasteiger partial charge in [-0.2, -0.15) is 5.10 Å². The third-order valence-electron chi connectivity index (χ3n) is 3.23. The molecule has 4 nitrogen and oxygen atoms in total. The second kappa shape index (κ2) is 5.85. The molecule has 1 aromatic rings. The molecule has 1 aromatic heterocycles. The maximum absolute atomic E-state index is 6.31. The lowest BCUT2D eigenvalue weighted by Gasteiger charge is -2.34. The molecule has 0 fully saturated rings. The summed E-state index contributed by atoms with van der Waals surface area (Å²) in [6.45, 7) is 11.5. The summed E-state index contributed by atoms with van der Waals surface area (Å²) in [6, 6.07) is 2.09. The molecule has 0 aliphatic heterocycles. The number of nitrogens with two attached hydrogens (primary N) is 1. The van der Waals surface area contributed by atoms with Crippen LogP contribution < -0.4 is 5.73 Å². The fourth-order valence-electron chi connectivity index (χ4n) is 2.56. The SMILES string of the molecule is CCn1nc(C)cc1CC(N)C(OC)C(C)(C)C. The van der Waals surface area contributed by atoms with E-state index in [4.69, 9.17) is 10.5 Å². The van der Waals surface area contributed by atoms with Gasteiger partial charge in [-0.25, -0.2) is 0 Å². The van der Waals surface area contributed by atoms with Crippen molar-refractivity contribution in [2.75, 3.05) is 7.11 Å². The third-order valence-corrected chi connectivity index (χ3v) is 3.23. The highest BCUT2D eigenvalue weighted by Crippen LogP contribution is 2.25. The number of aryl methyl sites for hydroxylation is 2. The number of rotatable bonds is 5. The van der Waals surface area contributed by atoms with Crippen molar-refractivity contribution in [3.05, 3.63) is 17.5 Å². The van der Waals surface area contributed by atoms with Gasteiger partial charge in [-0.1, -0.05) is 20.8 Å². The largest absolute Gasteiger partial charge is 0.379 e. The quantitative estimate of drug-likeness (QED) is 0.874. The minimum atomic E-state index is -0.0172. The van der Waals surface area contributed by atoms with Crippen molar-refractivity contribution in [1.82, 2.24) is 9.78 Å². The number of nitrogens with zero attached hydrogens (tertiary/aromatic N) is 2. The highest BCUT2D eigenvalue weighted by molar-refractivity contribution is 5.11. The standard InChI is InChI=1S/C14H27N3O/c1-7-17-11(8-10(2)16-17)9-12(15)13(18-6)14(3,4)5/h8,12-13H,7,9,15H2,1-6H3. The van der Waals surface area contributed by atoms with E-state index in [2.05, 4.69) is 38.9 Å². The first kappa shape index (κ1) is 15.2. The van der Waals surface area contributed by atoms with Gasteiger partial charge in [-0.3, -0.25) is 4.68 Å². The van der Waals surface area contributed by atoms with E-state index in [-0.39, 0.29) is 17.6 Å². The van der Waals surface area contributed by atoms with Gasteiger partial charge in [-0.05, 0) is 25.3 Å². The van der Waals surface area contributed by atoms with Gasteiger partial charge in [0.25, 0.3) is 0 Å². The van der Waals surface area contributed by atoms with Crippen LogP contribution in [0, 0.1) is 12.3 Å². The van der Waals surface area contributed by atoms with Gasteiger partial charge < -0.3 is 10.5 Å². The summed E-state index contributed by atoms with van der Waals surface area (Å²) in [6.07, 6.45) is 0.836. The molecule has 2 N–H and O–H groups in total. The van der Waals surface area contributed by atoms with Crippen LogP contribution in [-0.4, -0.2) is 29.0 Å². The predicted octanol–water partition coefficient (Wildman–Crippen LogP) is 2.14. The van der Waals surface area contributed by atoms with Crippen LogP contribution in [0.1, 0.15) is 39.1 Å². The number of hydrogen-bond donors (Lipinski definition) is 1. The minimum absolute atomic E-state index is 0.0172. The first-order valence-electron chi connectivity index (χ1n) is 6.61. The predicted molar refractivity (Wildman–Crippen MR) is 74.6 cm³/mol. The van der Waals surface area contributed by atoms with Gasteiger partial charge in [0.1, 0.15) is 0 Å². The molecular formula is C14H27N3O. The Kier molecular flexibility index (Phi) is 4.93. The second-order valence-corrected chi connectivity index (χ2v) is 5.98. The smallest absolute Gasteiger partial charge is 0.0774 e. The second-order valence-electron chi connectivity index (χ2n) is 5.98. The van der Waals surface area contributed by atoms with E-state index < -0.39 is 0 Å². The molecule has 0 amide bonds. The highest BCUT2D eigenvalue weighted by atomic mass is 16.5. The Bertz CT molecular complexity index is 379. The molecule has 0 saturated carbocycles. The Morgan fingerprint density at radius 2 is 2.06 bits per heavy atom. The minimum Gasteiger partial charge on any atom is -0.379 e. The van der Waals surface area contributed by atoms with Crippen molar-refractivity contribution >= 4 is 0 Å². The zero-order valence-electron chi connectivity index (χ0n) is 12.5. The summed E-state index contributed by atoms with van der Waals surface area (Å²) in [7, 11) is 1.73. The van der Waals surface area contributed by atoms with E-state index in [1.165, 1.54) is 5.69 Å². The van der Waals surface area contributed by atoms with Crippen molar-refractivity contribution in [2.45, 2.75) is 59.7 Å². The summed E-state index contributed by atoms with van der Waals surface area (Å²) < 4.78 is 7.59. The van der Waals surface area contributed by atoms with Crippen molar-refractivity contribution in [3.63, 3.8) is 0 Å². The Morgan fingerprint density at radius 1 is 1.44 bits per heavy atom. The van der Waals surface area contributed by atoms with Crippen molar-refractivity contribution < 1.29 is 4.74 Å². The van der Waals surface area contributed by atoms with E-state index in [0.29, 0.717) is 0 Å². The first-order valence-corrected chi connectivity index (χ1v) is 6.61. The number of methoxy groups -OCH3 is 1. The molecule has 4 heteroatoms. The number of aromatic nitrogens is 2. The monoisotopic (exact) mass is 253 g/mol. The van der Waals surface area contributed by atoms with Crippen LogP contribution in [0.5, 0.6) is 0 Å². The topological polar surface area (TPSA) is 53.1 Å². The molecule has 1 heterocycles. The van der Waals surface area contributed by atoms with Crippen LogP contribution in [0.4, 0.5) is 0 Å². The normalized spacial score (nSPS) is 15.7. The zero-order valence-corrected chi connectivity index (χ0v) is 12.5. The summed E-state index contributed by atoms with van der Waals surface area (Å²) >= 11 is 0. The highest BCUT2D eigenvalue weighted by Gasteiger charge is 2.30. The molecule has 0 aromatic carbocycles. The third kappa shape index (κ3) is 3.56. The fourth-order valence-corrected chi connectivity index (χ4v) is 2.56. The van der Waals surface area contributed by atoms with Crippen molar-refractivity contribution in [3.8, 4) is 0 Å². The lowest BCUT2D eigenvalue weighted by atomic mass is 9.83. The number of ether oxygens (including phenoxy) is 1. The Hall–Kier alpha value is -0.870. The lowest BCUT2D eigenvalue weighted by molar-refractivity contribution is -0.00204. The van der Waals surface area contributed by atoms with Crippen LogP contribution in [-0.2, 0) is 17.7 Å². The van der Waals surface area contributed by atoms with Crippen LogP contribution in [0.25, 0.3) is 0 Å². The molecule has 1 rings (SSSR count). The Morgan fingerprint density at radius 3 is 2.50 bits per heavy atom. The van der Waals surface area contributed by atoms with Crippen LogP contribution in [0.3, 0.4) is 0 Å². The molecule has 0 spiro atoms. The van der Waals surface area contributed by atoms with Crippen molar-refractivity contribution in [2.24, 2.45) is 11.1 Å². The van der Waals surface area contributed by atoms with Gasteiger partial charge in [-0.15, -0.1) is 0 Å². The summed E-state index contributed by atoms with van der Waals surface area (Å²) in [5, 5.41) is 4.45. The number of hydrogen-bond acceptors (Lipinski definition) is 3. The summed E-state index contributed by atoms with van der Waals surface area (Å²) in [4.78, 5) is 0. The lowest BCUT2D eigenvalue weighted by Crippen LogP contribution is -2.46. The van der Waals surface area contributed by atoms with Crippen LogP contribution in [0.15, 0.2) is 6.07 Å². The molecule has 0 bridgehead atoms. The van der Waals surface area contributed by atoms with E-state index in [1.54, 1.807) is 7.11 Å². The van der Waals surface area contributed by atoms with Gasteiger partial charge in [0, 0.05) is 31.8 Å². The zero-order chi connectivity index (χ0) is 13.9. The van der Waals surface area contributed by atoms with E-state index in [1.807, 2.05) is 11.6 Å². The molecule has 18 heavy (non-hydrogen) atoms. The molecule has 104 valence electrons. The Labute approximate surface area is 111 Å². The Balaban J connectivity index is 2.82. The van der Waals surface area contributed by atoms with Crippen LogP contribution >= 0.6 is 0 Å². The first-order chi connectivity index (χ1) is 8.29. The average Bonchev–Trinajstić information content (AvgIpc) is 2.57. The van der Waals surface area contributed by atoms with Crippen molar-refractivity contribution in [1.29, 1.82) is 0 Å². The van der Waals surface area contributed by atoms with Crippen LogP contribution in [0.2, 0.25) is 0 Å². The summed E-state index contributed by atoms with van der Waals surface area (Å²) in [5.74, 6) is 0. The molecular weight excluding hydrogens is 226 g/mol. The molecule has 2 atom stereocenters. The maximum atomic E-state index is 6.31. The van der Waals surface area contributed by atoms with E-state index in [0.717, 1.165) is 18.7 Å². The molecule has 0 radical (unpaired) electrons. The molecule has 0 saturated heterocycles. The summed E-state index contributed by atoms with van der Waals surface area (Å²) in [5.41, 5.74) is 8.59. The van der Waals surface area contributed by atoms with Gasteiger partial charge in [0.2, 0.25) is 0 Å². The van der Waals surface area contributed by atoms with Gasteiger partial charge >= 0.3 is 0 Å². The van der Waals surface area contributed by atoms with Gasteiger partial charge in [0.15, 0.2) is 0 Å². The maximum Gasteiger partial charge on any atom is 0.0774 e. The fraction of sp³-hybridized carbons (Fsp3) is 0.786. The molecule has 2 unspecified atom stereocenters.